The van der Waals surface area contributed by atoms with Crippen LogP contribution >= 0.6 is 0 Å². The van der Waals surface area contributed by atoms with E-state index in [0.717, 1.165) is 28.3 Å². The first-order valence-corrected chi connectivity index (χ1v) is 8.21. The molecule has 0 aliphatic heterocycles. The van der Waals surface area contributed by atoms with Gasteiger partial charge in [-0.25, -0.2) is 4.98 Å². The van der Waals surface area contributed by atoms with Crippen molar-refractivity contribution < 1.29 is 13.7 Å². The first-order valence-electron chi connectivity index (χ1n) is 8.21. The molecule has 2 aromatic heterocycles. The number of ether oxygens (including phenoxy) is 1. The Bertz CT molecular complexity index is 1020. The normalized spacial score (nSPS) is 10.8. The van der Waals surface area contributed by atoms with Gasteiger partial charge in [-0.2, -0.15) is 4.98 Å². The van der Waals surface area contributed by atoms with Gasteiger partial charge in [-0.05, 0) is 37.3 Å². The minimum absolute atomic E-state index is 0.440. The predicted octanol–water partition coefficient (Wildman–Crippen LogP) is 4.30. The molecule has 6 nitrogen and oxygen atoms in total. The number of aromatic nitrogens is 3. The smallest absolute Gasteiger partial charge is 0.258 e. The van der Waals surface area contributed by atoms with E-state index in [-0.39, 0.29) is 0 Å². The fourth-order valence-corrected chi connectivity index (χ4v) is 2.65. The average molecular weight is 347 g/mol. The minimum atomic E-state index is 0.440. The lowest BCUT2D eigenvalue weighted by Gasteiger charge is -1.99. The number of hydrogen-bond acceptors (Lipinski definition) is 6. The first-order chi connectivity index (χ1) is 12.7. The van der Waals surface area contributed by atoms with Crippen molar-refractivity contribution in [2.24, 2.45) is 0 Å². The van der Waals surface area contributed by atoms with E-state index in [1.165, 1.54) is 0 Å². The van der Waals surface area contributed by atoms with Gasteiger partial charge in [0.05, 0.1) is 19.2 Å². The van der Waals surface area contributed by atoms with Gasteiger partial charge >= 0.3 is 0 Å². The largest absolute Gasteiger partial charge is 0.497 e. The van der Waals surface area contributed by atoms with Gasteiger partial charge in [0.2, 0.25) is 5.89 Å². The Morgan fingerprint density at radius 3 is 2.54 bits per heavy atom. The third-order valence-electron chi connectivity index (χ3n) is 4.02. The topological polar surface area (TPSA) is 74.2 Å². The van der Waals surface area contributed by atoms with Crippen LogP contribution in [0.2, 0.25) is 0 Å². The molecule has 0 amide bonds. The predicted molar refractivity (Wildman–Crippen MR) is 95.8 cm³/mol. The molecule has 26 heavy (non-hydrogen) atoms. The summed E-state index contributed by atoms with van der Waals surface area (Å²) >= 11 is 0. The van der Waals surface area contributed by atoms with Crippen LogP contribution in [0.15, 0.2) is 63.5 Å². The monoisotopic (exact) mass is 347 g/mol. The summed E-state index contributed by atoms with van der Waals surface area (Å²) < 4.78 is 16.4. The van der Waals surface area contributed by atoms with Gasteiger partial charge < -0.3 is 13.7 Å². The maximum atomic E-state index is 5.78. The second-order valence-corrected chi connectivity index (χ2v) is 5.81. The van der Waals surface area contributed by atoms with Gasteiger partial charge in [-0.15, -0.1) is 0 Å². The molecule has 0 aliphatic rings. The fourth-order valence-electron chi connectivity index (χ4n) is 2.65. The summed E-state index contributed by atoms with van der Waals surface area (Å²) in [6, 6.07) is 17.3. The number of oxazole rings is 1. The highest BCUT2D eigenvalue weighted by molar-refractivity contribution is 5.56. The van der Waals surface area contributed by atoms with Crippen LogP contribution in [0.25, 0.3) is 22.9 Å². The maximum Gasteiger partial charge on any atom is 0.258 e. The summed E-state index contributed by atoms with van der Waals surface area (Å²) in [4.78, 5) is 9.04. The van der Waals surface area contributed by atoms with Crippen LogP contribution in [0, 0.1) is 6.92 Å². The van der Waals surface area contributed by atoms with Crippen LogP contribution in [0.5, 0.6) is 5.75 Å². The third kappa shape index (κ3) is 3.21. The quantitative estimate of drug-likeness (QED) is 0.536. The van der Waals surface area contributed by atoms with Crippen molar-refractivity contribution in [1.29, 1.82) is 0 Å². The second kappa shape index (κ2) is 6.84. The Balaban J connectivity index is 1.57. The molecule has 0 atom stereocenters. The molecule has 0 radical (unpaired) electrons. The highest BCUT2D eigenvalue weighted by Gasteiger charge is 2.16. The van der Waals surface area contributed by atoms with E-state index in [1.54, 1.807) is 7.11 Å². The molecule has 0 spiro atoms. The summed E-state index contributed by atoms with van der Waals surface area (Å²) in [5, 5.41) is 4.06. The Labute approximate surface area is 150 Å². The molecule has 0 bridgehead atoms. The number of rotatable bonds is 5. The Morgan fingerprint density at radius 2 is 1.73 bits per heavy atom. The standard InChI is InChI=1S/C20H17N3O3/c1-13-17(21-19(25-13)14-7-4-3-5-8-14)12-18-22-20(26-23-18)15-9-6-10-16(11-15)24-2/h3-11H,12H2,1-2H3. The lowest BCUT2D eigenvalue weighted by molar-refractivity contribution is 0.412. The first kappa shape index (κ1) is 16.1. The highest BCUT2D eigenvalue weighted by Crippen LogP contribution is 2.25. The van der Waals surface area contributed by atoms with Crippen molar-refractivity contribution in [3.8, 4) is 28.7 Å². The molecule has 0 N–H and O–H groups in total. The molecular weight excluding hydrogens is 330 g/mol. The summed E-state index contributed by atoms with van der Waals surface area (Å²) in [7, 11) is 1.62. The molecule has 0 saturated carbocycles. The zero-order chi connectivity index (χ0) is 17.9. The maximum absolute atomic E-state index is 5.78. The molecule has 4 rings (SSSR count). The molecule has 4 aromatic rings. The third-order valence-corrected chi connectivity index (χ3v) is 4.02. The van der Waals surface area contributed by atoms with Crippen LogP contribution in [0.1, 0.15) is 17.3 Å². The molecular formula is C20H17N3O3. The molecule has 0 aliphatic carbocycles. The Kier molecular flexibility index (Phi) is 4.23. The second-order valence-electron chi connectivity index (χ2n) is 5.81. The van der Waals surface area contributed by atoms with E-state index >= 15 is 0 Å². The lowest BCUT2D eigenvalue weighted by atomic mass is 10.2. The van der Waals surface area contributed by atoms with Gasteiger partial charge in [0, 0.05) is 11.1 Å². The van der Waals surface area contributed by atoms with E-state index in [2.05, 4.69) is 15.1 Å². The molecule has 0 saturated heterocycles. The van der Waals surface area contributed by atoms with Crippen molar-refractivity contribution in [2.75, 3.05) is 7.11 Å². The number of aryl methyl sites for hydroxylation is 1. The van der Waals surface area contributed by atoms with Crippen molar-refractivity contribution in [3.05, 3.63) is 71.9 Å². The molecule has 130 valence electrons. The average Bonchev–Trinajstić information content (AvgIpc) is 3.30. The number of nitrogens with zero attached hydrogens (tertiary/aromatic N) is 3. The van der Waals surface area contributed by atoms with Gasteiger partial charge in [-0.1, -0.05) is 29.4 Å². The van der Waals surface area contributed by atoms with Crippen molar-refractivity contribution >= 4 is 0 Å². The molecule has 0 fully saturated rings. The van der Waals surface area contributed by atoms with E-state index in [0.29, 0.717) is 24.0 Å². The number of methoxy groups -OCH3 is 1. The fraction of sp³-hybridized carbons (Fsp3) is 0.150. The van der Waals surface area contributed by atoms with E-state index in [9.17, 15) is 0 Å². The van der Waals surface area contributed by atoms with Gasteiger partial charge in [-0.3, -0.25) is 0 Å². The van der Waals surface area contributed by atoms with Crippen LogP contribution in [-0.2, 0) is 6.42 Å². The Hall–Kier alpha value is -3.41. The minimum Gasteiger partial charge on any atom is -0.497 e. The van der Waals surface area contributed by atoms with Crippen molar-refractivity contribution in [2.45, 2.75) is 13.3 Å². The molecule has 2 heterocycles. The highest BCUT2D eigenvalue weighted by atomic mass is 16.5. The van der Waals surface area contributed by atoms with Crippen LogP contribution in [0.4, 0.5) is 0 Å². The van der Waals surface area contributed by atoms with Crippen molar-refractivity contribution in [3.63, 3.8) is 0 Å². The van der Waals surface area contributed by atoms with Gasteiger partial charge in [0.1, 0.15) is 11.5 Å². The van der Waals surface area contributed by atoms with E-state index in [4.69, 9.17) is 13.7 Å². The molecule has 2 aromatic carbocycles. The summed E-state index contributed by atoms with van der Waals surface area (Å²) in [6.07, 6.45) is 0.440. The van der Waals surface area contributed by atoms with Crippen LogP contribution in [-0.4, -0.2) is 22.2 Å². The zero-order valence-corrected chi connectivity index (χ0v) is 14.5. The molecule has 0 unspecified atom stereocenters. The molecule has 6 heteroatoms. The summed E-state index contributed by atoms with van der Waals surface area (Å²) in [5.74, 6) is 3.08. The van der Waals surface area contributed by atoms with Crippen molar-refractivity contribution in [1.82, 2.24) is 15.1 Å². The lowest BCUT2D eigenvalue weighted by Crippen LogP contribution is -1.93. The van der Waals surface area contributed by atoms with Gasteiger partial charge in [0.15, 0.2) is 5.82 Å². The number of hydrogen-bond donors (Lipinski definition) is 0. The van der Waals surface area contributed by atoms with Gasteiger partial charge in [0.25, 0.3) is 5.89 Å². The zero-order valence-electron chi connectivity index (χ0n) is 14.5. The Morgan fingerprint density at radius 1 is 0.923 bits per heavy atom. The summed E-state index contributed by atoms with van der Waals surface area (Å²) in [6.45, 7) is 1.89. The van der Waals surface area contributed by atoms with E-state index < -0.39 is 0 Å². The van der Waals surface area contributed by atoms with E-state index in [1.807, 2.05) is 61.5 Å². The van der Waals surface area contributed by atoms with Crippen LogP contribution in [0.3, 0.4) is 0 Å². The van der Waals surface area contributed by atoms with Crippen LogP contribution < -0.4 is 4.74 Å². The number of benzene rings is 2. The SMILES string of the molecule is COc1cccc(-c2nc(Cc3nc(-c4ccccc4)oc3C)no2)c1. The summed E-state index contributed by atoms with van der Waals surface area (Å²) in [5.41, 5.74) is 2.54.